The lowest BCUT2D eigenvalue weighted by atomic mass is 9.97. The average molecular weight is 354 g/mol. The van der Waals surface area contributed by atoms with E-state index in [9.17, 15) is 14.4 Å². The predicted molar refractivity (Wildman–Crippen MR) is 89.6 cm³/mol. The molecule has 4 amide bonds. The number of amides is 4. The van der Waals surface area contributed by atoms with Crippen molar-refractivity contribution in [2.24, 2.45) is 5.92 Å². The highest BCUT2D eigenvalue weighted by molar-refractivity contribution is 6.30. The van der Waals surface area contributed by atoms with Gasteiger partial charge in [-0.1, -0.05) is 11.6 Å². The van der Waals surface area contributed by atoms with Crippen molar-refractivity contribution in [3.63, 3.8) is 0 Å². The highest BCUT2D eigenvalue weighted by Crippen LogP contribution is 2.18. The van der Waals surface area contributed by atoms with Gasteiger partial charge in [0.25, 0.3) is 0 Å². The number of hydrogen-bond acceptors (Lipinski definition) is 5. The Balaban J connectivity index is 1.85. The fourth-order valence-electron chi connectivity index (χ4n) is 2.52. The number of halogens is 1. The Morgan fingerprint density at radius 1 is 1.38 bits per heavy atom. The largest absolute Gasteiger partial charge is 0.341 e. The molecule has 1 saturated heterocycles. The van der Waals surface area contributed by atoms with Gasteiger partial charge in [-0.3, -0.25) is 19.8 Å². The van der Waals surface area contributed by atoms with Crippen LogP contribution < -0.4 is 16.0 Å². The van der Waals surface area contributed by atoms with Gasteiger partial charge >= 0.3 is 6.03 Å². The van der Waals surface area contributed by atoms with E-state index in [2.05, 4.69) is 20.9 Å². The van der Waals surface area contributed by atoms with Crippen LogP contribution in [0.5, 0.6) is 0 Å². The van der Waals surface area contributed by atoms with Crippen LogP contribution in [-0.2, 0) is 9.59 Å². The Kier molecular flexibility index (Phi) is 6.51. The highest BCUT2D eigenvalue weighted by atomic mass is 35.5. The molecule has 1 aliphatic rings. The van der Waals surface area contributed by atoms with Gasteiger partial charge in [0.15, 0.2) is 0 Å². The molecule has 0 unspecified atom stereocenters. The Morgan fingerprint density at radius 3 is 2.83 bits per heavy atom. The first kappa shape index (κ1) is 18.2. The number of hydrogen-bond donors (Lipinski definition) is 3. The zero-order chi connectivity index (χ0) is 17.5. The predicted octanol–water partition coefficient (Wildman–Crippen LogP) is 0.841. The summed E-state index contributed by atoms with van der Waals surface area (Å²) in [6, 6.07) is 2.75. The first-order chi connectivity index (χ1) is 11.5. The Morgan fingerprint density at radius 2 is 2.17 bits per heavy atom. The maximum absolute atomic E-state index is 12.3. The molecule has 0 radical (unpaired) electrons. The van der Waals surface area contributed by atoms with E-state index in [-0.39, 0.29) is 18.4 Å². The van der Waals surface area contributed by atoms with E-state index in [1.165, 1.54) is 13.2 Å². The zero-order valence-electron chi connectivity index (χ0n) is 13.3. The van der Waals surface area contributed by atoms with Crippen LogP contribution in [0.2, 0.25) is 5.02 Å². The summed E-state index contributed by atoms with van der Waals surface area (Å²) in [5, 5.41) is 7.79. The number of urea groups is 1. The standard InChI is InChI=1S/C15H20ClN5O3/c1-17-15(24)20-13(22)9-21-6-2-3-10(8-21)14(23)19-12-5-4-11(16)7-18-12/h4-5,7,10H,2-3,6,8-9H2,1H3,(H,18,19,23)(H2,17,20,22,24)/t10-/m1/s1. The van der Waals surface area contributed by atoms with Crippen molar-refractivity contribution in [2.45, 2.75) is 12.8 Å². The maximum atomic E-state index is 12.3. The summed E-state index contributed by atoms with van der Waals surface area (Å²) in [6.45, 7) is 1.25. The minimum atomic E-state index is -0.542. The van der Waals surface area contributed by atoms with Crippen molar-refractivity contribution in [1.82, 2.24) is 20.5 Å². The Hall–Kier alpha value is -2.19. The molecule has 1 atom stereocenters. The summed E-state index contributed by atoms with van der Waals surface area (Å²) in [5.74, 6) is -0.320. The molecule has 0 bridgehead atoms. The second-order valence-corrected chi connectivity index (χ2v) is 5.99. The highest BCUT2D eigenvalue weighted by Gasteiger charge is 2.27. The molecule has 3 N–H and O–H groups in total. The molecule has 0 saturated carbocycles. The fourth-order valence-corrected chi connectivity index (χ4v) is 2.63. The molecule has 2 heterocycles. The van der Waals surface area contributed by atoms with Gasteiger partial charge < -0.3 is 10.6 Å². The molecule has 1 aromatic rings. The second kappa shape index (κ2) is 8.60. The second-order valence-electron chi connectivity index (χ2n) is 5.55. The summed E-state index contributed by atoms with van der Waals surface area (Å²) in [5.41, 5.74) is 0. The van der Waals surface area contributed by atoms with Gasteiger partial charge in [-0.25, -0.2) is 9.78 Å². The monoisotopic (exact) mass is 353 g/mol. The number of rotatable bonds is 4. The van der Waals surface area contributed by atoms with E-state index < -0.39 is 11.9 Å². The van der Waals surface area contributed by atoms with Crippen LogP contribution in [0.15, 0.2) is 18.3 Å². The molecular formula is C15H20ClN5O3. The number of anilines is 1. The van der Waals surface area contributed by atoms with Crippen LogP contribution in [0, 0.1) is 5.92 Å². The van der Waals surface area contributed by atoms with Crippen LogP contribution in [0.3, 0.4) is 0 Å². The van der Waals surface area contributed by atoms with Crippen molar-refractivity contribution < 1.29 is 14.4 Å². The lowest BCUT2D eigenvalue weighted by Gasteiger charge is -2.31. The van der Waals surface area contributed by atoms with Crippen molar-refractivity contribution in [3.8, 4) is 0 Å². The molecule has 9 heteroatoms. The number of pyridine rings is 1. The number of nitrogens with one attached hydrogen (secondary N) is 3. The summed E-state index contributed by atoms with van der Waals surface area (Å²) >= 11 is 5.76. The number of piperidine rings is 1. The topological polar surface area (TPSA) is 103 Å². The smallest absolute Gasteiger partial charge is 0.321 e. The van der Waals surface area contributed by atoms with Gasteiger partial charge in [-0.15, -0.1) is 0 Å². The lowest BCUT2D eigenvalue weighted by molar-refractivity contribution is -0.125. The normalized spacial score (nSPS) is 17.8. The third kappa shape index (κ3) is 5.47. The number of nitrogens with zero attached hydrogens (tertiary/aromatic N) is 2. The first-order valence-corrected chi connectivity index (χ1v) is 8.02. The summed E-state index contributed by atoms with van der Waals surface area (Å²) in [7, 11) is 1.44. The van der Waals surface area contributed by atoms with Crippen LogP contribution in [0.4, 0.5) is 10.6 Å². The van der Waals surface area contributed by atoms with Crippen LogP contribution in [0.25, 0.3) is 0 Å². The van der Waals surface area contributed by atoms with E-state index >= 15 is 0 Å². The fraction of sp³-hybridized carbons (Fsp3) is 0.467. The van der Waals surface area contributed by atoms with Crippen molar-refractivity contribution in [1.29, 1.82) is 0 Å². The quantitative estimate of drug-likeness (QED) is 0.744. The third-order valence-corrected chi connectivity index (χ3v) is 3.93. The van der Waals surface area contributed by atoms with Crippen LogP contribution >= 0.6 is 11.6 Å². The van der Waals surface area contributed by atoms with E-state index in [1.807, 2.05) is 4.90 Å². The van der Waals surface area contributed by atoms with Crippen molar-refractivity contribution >= 4 is 35.3 Å². The minimum absolute atomic E-state index is 0.0798. The van der Waals surface area contributed by atoms with E-state index in [1.54, 1.807) is 12.1 Å². The average Bonchev–Trinajstić information content (AvgIpc) is 2.57. The third-order valence-electron chi connectivity index (χ3n) is 3.70. The summed E-state index contributed by atoms with van der Waals surface area (Å²) in [4.78, 5) is 41.1. The molecule has 8 nitrogen and oxygen atoms in total. The van der Waals surface area contributed by atoms with E-state index in [0.717, 1.165) is 12.8 Å². The molecule has 0 aromatic carbocycles. The van der Waals surface area contributed by atoms with Gasteiger partial charge in [0, 0.05) is 19.8 Å². The molecule has 1 fully saturated rings. The number of likely N-dealkylation sites (tertiary alicyclic amines) is 1. The number of carbonyl (C=O) groups excluding carboxylic acids is 3. The van der Waals surface area contributed by atoms with Crippen molar-refractivity contribution in [3.05, 3.63) is 23.4 Å². The molecule has 2 rings (SSSR count). The van der Waals surface area contributed by atoms with Gasteiger partial charge in [0.1, 0.15) is 5.82 Å². The molecule has 1 aromatic heterocycles. The van der Waals surface area contributed by atoms with Gasteiger partial charge in [0.2, 0.25) is 11.8 Å². The van der Waals surface area contributed by atoms with Crippen molar-refractivity contribution in [2.75, 3.05) is 32.0 Å². The number of aromatic nitrogens is 1. The number of imide groups is 1. The molecule has 130 valence electrons. The molecule has 0 spiro atoms. The molecule has 0 aliphatic carbocycles. The Bertz CT molecular complexity index is 608. The van der Waals surface area contributed by atoms with Gasteiger partial charge in [0.05, 0.1) is 17.5 Å². The van der Waals surface area contributed by atoms with E-state index in [0.29, 0.717) is 23.9 Å². The minimum Gasteiger partial charge on any atom is -0.341 e. The Labute approximate surface area is 144 Å². The lowest BCUT2D eigenvalue weighted by Crippen LogP contribution is -2.47. The summed E-state index contributed by atoms with van der Waals surface area (Å²) < 4.78 is 0. The molecular weight excluding hydrogens is 334 g/mol. The SMILES string of the molecule is CNC(=O)NC(=O)CN1CCC[C@@H](C(=O)Nc2ccc(Cl)cn2)C1. The molecule has 24 heavy (non-hydrogen) atoms. The number of carbonyl (C=O) groups is 3. The van der Waals surface area contributed by atoms with Gasteiger partial charge in [-0.2, -0.15) is 0 Å². The van der Waals surface area contributed by atoms with Gasteiger partial charge in [-0.05, 0) is 31.5 Å². The zero-order valence-corrected chi connectivity index (χ0v) is 14.1. The van der Waals surface area contributed by atoms with E-state index in [4.69, 9.17) is 11.6 Å². The molecule has 1 aliphatic heterocycles. The maximum Gasteiger partial charge on any atom is 0.321 e. The summed E-state index contributed by atoms with van der Waals surface area (Å²) in [6.07, 6.45) is 3.01. The first-order valence-electron chi connectivity index (χ1n) is 7.64. The van der Waals surface area contributed by atoms with Crippen LogP contribution in [-0.4, -0.2) is 54.4 Å². The van der Waals surface area contributed by atoms with Crippen LogP contribution in [0.1, 0.15) is 12.8 Å².